The van der Waals surface area contributed by atoms with Crippen LogP contribution in [0.4, 0.5) is 4.39 Å². The molecule has 1 heterocycles. The van der Waals surface area contributed by atoms with Gasteiger partial charge in [-0.1, -0.05) is 13.3 Å². The Labute approximate surface area is 102 Å². The van der Waals surface area contributed by atoms with Crippen LogP contribution >= 0.6 is 11.3 Å². The van der Waals surface area contributed by atoms with Gasteiger partial charge in [0.1, 0.15) is 6.07 Å². The van der Waals surface area contributed by atoms with Crippen LogP contribution < -0.4 is 4.74 Å². The lowest BCUT2D eigenvalue weighted by Crippen LogP contribution is -1.98. The third-order valence-electron chi connectivity index (χ3n) is 2.29. The van der Waals surface area contributed by atoms with E-state index in [0.29, 0.717) is 17.1 Å². The quantitative estimate of drug-likeness (QED) is 0.780. The van der Waals surface area contributed by atoms with E-state index in [0.717, 1.165) is 17.5 Å². The van der Waals surface area contributed by atoms with Crippen LogP contribution in [0.5, 0.6) is 5.75 Å². The zero-order valence-electron chi connectivity index (χ0n) is 9.36. The molecule has 0 aliphatic carbocycles. The molecule has 0 amide bonds. The summed E-state index contributed by atoms with van der Waals surface area (Å²) >= 11 is 1.24. The Kier molecular flexibility index (Phi) is 3.55. The van der Waals surface area contributed by atoms with Crippen molar-refractivity contribution in [1.82, 2.24) is 4.98 Å². The second kappa shape index (κ2) is 5.11. The van der Waals surface area contributed by atoms with Crippen molar-refractivity contribution >= 4 is 21.6 Å². The number of rotatable bonds is 4. The molecule has 0 aliphatic heterocycles. The van der Waals surface area contributed by atoms with Crippen molar-refractivity contribution in [2.75, 3.05) is 6.61 Å². The van der Waals surface area contributed by atoms with Gasteiger partial charge in [0.25, 0.3) is 0 Å². The van der Waals surface area contributed by atoms with Crippen LogP contribution in [0, 0.1) is 17.1 Å². The molecular weight excluding hydrogens is 239 g/mol. The predicted molar refractivity (Wildman–Crippen MR) is 64.7 cm³/mol. The van der Waals surface area contributed by atoms with Crippen LogP contribution in [0.3, 0.4) is 0 Å². The molecule has 0 saturated heterocycles. The molecule has 2 aromatic rings. The van der Waals surface area contributed by atoms with Gasteiger partial charge in [-0.05, 0) is 6.42 Å². The summed E-state index contributed by atoms with van der Waals surface area (Å²) in [7, 11) is 0. The molecule has 5 heteroatoms. The van der Waals surface area contributed by atoms with Crippen molar-refractivity contribution in [2.24, 2.45) is 0 Å². The van der Waals surface area contributed by atoms with Crippen molar-refractivity contribution in [3.8, 4) is 11.8 Å². The average Bonchev–Trinajstić information content (AvgIpc) is 2.71. The minimum Gasteiger partial charge on any atom is -0.490 e. The van der Waals surface area contributed by atoms with E-state index in [1.807, 2.05) is 13.0 Å². The first kappa shape index (κ1) is 11.8. The van der Waals surface area contributed by atoms with E-state index in [4.69, 9.17) is 10.00 Å². The van der Waals surface area contributed by atoms with Crippen LogP contribution in [-0.4, -0.2) is 11.6 Å². The van der Waals surface area contributed by atoms with Gasteiger partial charge in [0.15, 0.2) is 16.6 Å². The number of nitrogens with zero attached hydrogens (tertiary/aromatic N) is 2. The molecule has 1 aromatic heterocycles. The lowest BCUT2D eigenvalue weighted by molar-refractivity contribution is 0.295. The molecule has 1 aromatic carbocycles. The van der Waals surface area contributed by atoms with Crippen molar-refractivity contribution in [2.45, 2.75) is 19.8 Å². The second-order valence-electron chi connectivity index (χ2n) is 3.58. The lowest BCUT2D eigenvalue weighted by atomic mass is 10.3. The molecule has 0 spiro atoms. The van der Waals surface area contributed by atoms with E-state index < -0.39 is 5.82 Å². The van der Waals surface area contributed by atoms with Crippen molar-refractivity contribution in [3.05, 3.63) is 23.0 Å². The van der Waals surface area contributed by atoms with Gasteiger partial charge in [-0.3, -0.25) is 0 Å². The Morgan fingerprint density at radius 2 is 2.35 bits per heavy atom. The van der Waals surface area contributed by atoms with Gasteiger partial charge in [-0.25, -0.2) is 9.37 Å². The third kappa shape index (κ3) is 2.53. The Bertz CT molecular complexity index is 574. The number of thiazole rings is 1. The maximum Gasteiger partial charge on any atom is 0.195 e. The van der Waals surface area contributed by atoms with Gasteiger partial charge >= 0.3 is 0 Å². The summed E-state index contributed by atoms with van der Waals surface area (Å²) in [5.74, 6) is -0.192. The van der Waals surface area contributed by atoms with Crippen LogP contribution in [0.25, 0.3) is 10.2 Å². The van der Waals surface area contributed by atoms with Gasteiger partial charge in [0.2, 0.25) is 0 Å². The summed E-state index contributed by atoms with van der Waals surface area (Å²) in [6.45, 7) is 2.55. The summed E-state index contributed by atoms with van der Waals surface area (Å²) in [6, 6.07) is 4.88. The smallest absolute Gasteiger partial charge is 0.195 e. The third-order valence-corrected chi connectivity index (χ3v) is 3.22. The number of ether oxygens (including phenoxy) is 1. The Hall–Kier alpha value is -1.67. The summed E-state index contributed by atoms with van der Waals surface area (Å²) in [4.78, 5) is 3.99. The van der Waals surface area contributed by atoms with E-state index in [9.17, 15) is 4.39 Å². The molecule has 0 aliphatic rings. The Balaban J connectivity index is 2.31. The zero-order valence-corrected chi connectivity index (χ0v) is 10.2. The highest BCUT2D eigenvalue weighted by Gasteiger charge is 2.10. The normalized spacial score (nSPS) is 10.4. The summed E-state index contributed by atoms with van der Waals surface area (Å²) < 4.78 is 19.7. The number of hydrogen-bond donors (Lipinski definition) is 0. The average molecular weight is 250 g/mol. The number of benzene rings is 1. The van der Waals surface area contributed by atoms with E-state index in [1.54, 1.807) is 6.07 Å². The lowest BCUT2D eigenvalue weighted by Gasteiger charge is -2.05. The van der Waals surface area contributed by atoms with Gasteiger partial charge in [0.05, 0.1) is 16.8 Å². The number of unbranched alkanes of at least 4 members (excludes halogenated alkanes) is 1. The predicted octanol–water partition coefficient (Wildman–Crippen LogP) is 3.49. The number of halogens is 1. The highest BCUT2D eigenvalue weighted by molar-refractivity contribution is 7.19. The van der Waals surface area contributed by atoms with Crippen LogP contribution in [-0.2, 0) is 0 Å². The summed E-state index contributed by atoms with van der Waals surface area (Å²) in [6.07, 6.45) is 1.90. The first-order valence-electron chi connectivity index (χ1n) is 5.37. The molecule has 0 atom stereocenters. The molecule has 3 nitrogen and oxygen atoms in total. The van der Waals surface area contributed by atoms with Gasteiger partial charge < -0.3 is 4.74 Å². The molecule has 88 valence electrons. The molecule has 0 fully saturated rings. The molecule has 0 unspecified atom stereocenters. The van der Waals surface area contributed by atoms with E-state index in [1.165, 1.54) is 17.4 Å². The topological polar surface area (TPSA) is 45.9 Å². The van der Waals surface area contributed by atoms with Crippen LogP contribution in [0.2, 0.25) is 0 Å². The standard InChI is InChI=1S/C12H11FN2OS/c1-2-3-4-16-10-6-11-9(5-8(10)13)15-12(7-14)17-11/h5-6H,2-4H2,1H3. The first-order valence-corrected chi connectivity index (χ1v) is 6.19. The first-order chi connectivity index (χ1) is 8.24. The highest BCUT2D eigenvalue weighted by Crippen LogP contribution is 2.28. The molecule has 0 N–H and O–H groups in total. The number of aromatic nitrogens is 1. The van der Waals surface area contributed by atoms with Gasteiger partial charge in [-0.15, -0.1) is 11.3 Å². The summed E-state index contributed by atoms with van der Waals surface area (Å²) in [5.41, 5.74) is 0.506. The van der Waals surface area contributed by atoms with Crippen LogP contribution in [0.1, 0.15) is 24.8 Å². The SMILES string of the molecule is CCCCOc1cc2sc(C#N)nc2cc1F. The zero-order chi connectivity index (χ0) is 12.3. The number of fused-ring (bicyclic) bond motifs is 1. The molecule has 17 heavy (non-hydrogen) atoms. The van der Waals surface area contributed by atoms with Crippen molar-refractivity contribution in [1.29, 1.82) is 5.26 Å². The maximum absolute atomic E-state index is 13.6. The van der Waals surface area contributed by atoms with E-state index in [-0.39, 0.29) is 5.75 Å². The molecule has 0 saturated carbocycles. The molecule has 0 bridgehead atoms. The molecular formula is C12H11FN2OS. The van der Waals surface area contributed by atoms with Gasteiger partial charge in [-0.2, -0.15) is 5.26 Å². The van der Waals surface area contributed by atoms with Crippen molar-refractivity contribution in [3.63, 3.8) is 0 Å². The Morgan fingerprint density at radius 3 is 3.06 bits per heavy atom. The highest BCUT2D eigenvalue weighted by atomic mass is 32.1. The summed E-state index contributed by atoms with van der Waals surface area (Å²) in [5, 5.41) is 9.06. The van der Waals surface area contributed by atoms with Crippen molar-refractivity contribution < 1.29 is 9.13 Å². The van der Waals surface area contributed by atoms with E-state index >= 15 is 0 Å². The monoisotopic (exact) mass is 250 g/mol. The van der Waals surface area contributed by atoms with E-state index in [2.05, 4.69) is 4.98 Å². The fraction of sp³-hybridized carbons (Fsp3) is 0.333. The number of hydrogen-bond acceptors (Lipinski definition) is 4. The maximum atomic E-state index is 13.6. The number of nitriles is 1. The fourth-order valence-corrected chi connectivity index (χ4v) is 2.19. The largest absolute Gasteiger partial charge is 0.490 e. The second-order valence-corrected chi connectivity index (χ2v) is 4.61. The molecule has 0 radical (unpaired) electrons. The minimum absolute atomic E-state index is 0.235. The fourth-order valence-electron chi connectivity index (χ4n) is 1.41. The van der Waals surface area contributed by atoms with Gasteiger partial charge in [0, 0.05) is 12.1 Å². The molecule has 2 rings (SSSR count). The minimum atomic E-state index is -0.427. The van der Waals surface area contributed by atoms with Crippen LogP contribution in [0.15, 0.2) is 12.1 Å². The Morgan fingerprint density at radius 1 is 1.53 bits per heavy atom.